The van der Waals surface area contributed by atoms with Crippen LogP contribution in [-0.4, -0.2) is 14.3 Å². The molecule has 0 heterocycles. The van der Waals surface area contributed by atoms with Gasteiger partial charge in [-0.05, 0) is 80.3 Å². The standard InChI is InChI=1S/C24H25BrN2O3S/c1-16-4-9-21(10-5-16)27-31(29,30)22-11-6-19(7-12-22)8-13-23(28)26-24-17(2)14-20(25)15-18(24)3/h4-7,9-12,14-15,27H,8,13H2,1-3H3,(H,26,28). The molecule has 0 aromatic heterocycles. The third-order valence-electron chi connectivity index (χ3n) is 4.94. The maximum absolute atomic E-state index is 12.6. The van der Waals surface area contributed by atoms with Crippen molar-refractivity contribution >= 4 is 43.2 Å². The summed E-state index contributed by atoms with van der Waals surface area (Å²) in [5, 5.41) is 2.98. The quantitative estimate of drug-likeness (QED) is 0.433. The number of amides is 1. The van der Waals surface area contributed by atoms with Crippen LogP contribution in [0.25, 0.3) is 0 Å². The molecule has 0 saturated heterocycles. The van der Waals surface area contributed by atoms with E-state index in [1.54, 1.807) is 36.4 Å². The average molecular weight is 501 g/mol. The van der Waals surface area contributed by atoms with Crippen LogP contribution in [0.4, 0.5) is 11.4 Å². The van der Waals surface area contributed by atoms with Crippen molar-refractivity contribution in [3.05, 3.63) is 87.4 Å². The SMILES string of the molecule is Cc1ccc(NS(=O)(=O)c2ccc(CCC(=O)Nc3c(C)cc(Br)cc3C)cc2)cc1. The highest BCUT2D eigenvalue weighted by molar-refractivity contribution is 9.10. The zero-order chi connectivity index (χ0) is 22.6. The van der Waals surface area contributed by atoms with E-state index in [9.17, 15) is 13.2 Å². The van der Waals surface area contributed by atoms with E-state index in [2.05, 4.69) is 26.0 Å². The van der Waals surface area contributed by atoms with Crippen LogP contribution < -0.4 is 10.0 Å². The van der Waals surface area contributed by atoms with Crippen molar-refractivity contribution in [1.29, 1.82) is 0 Å². The lowest BCUT2D eigenvalue weighted by Gasteiger charge is -2.12. The Kier molecular flexibility index (Phi) is 7.18. The number of nitrogens with one attached hydrogen (secondary N) is 2. The van der Waals surface area contributed by atoms with Gasteiger partial charge in [0, 0.05) is 22.3 Å². The summed E-state index contributed by atoms with van der Waals surface area (Å²) in [6.45, 7) is 5.85. The van der Waals surface area contributed by atoms with E-state index in [1.165, 1.54) is 0 Å². The van der Waals surface area contributed by atoms with Crippen LogP contribution in [-0.2, 0) is 21.2 Å². The van der Waals surface area contributed by atoms with Crippen molar-refractivity contribution in [3.63, 3.8) is 0 Å². The predicted molar refractivity (Wildman–Crippen MR) is 129 cm³/mol. The van der Waals surface area contributed by atoms with Gasteiger partial charge in [-0.25, -0.2) is 8.42 Å². The van der Waals surface area contributed by atoms with Crippen LogP contribution >= 0.6 is 15.9 Å². The zero-order valence-corrected chi connectivity index (χ0v) is 20.1. The second-order valence-corrected chi connectivity index (χ2v) is 10.2. The van der Waals surface area contributed by atoms with Gasteiger partial charge in [0.15, 0.2) is 0 Å². The molecule has 162 valence electrons. The van der Waals surface area contributed by atoms with E-state index in [0.29, 0.717) is 18.5 Å². The molecular formula is C24H25BrN2O3S. The molecule has 0 aliphatic heterocycles. The number of hydrogen-bond acceptors (Lipinski definition) is 3. The lowest BCUT2D eigenvalue weighted by molar-refractivity contribution is -0.116. The van der Waals surface area contributed by atoms with Gasteiger partial charge in [0.1, 0.15) is 0 Å². The third kappa shape index (κ3) is 6.18. The Morgan fingerprint density at radius 3 is 2.06 bits per heavy atom. The van der Waals surface area contributed by atoms with Crippen molar-refractivity contribution in [1.82, 2.24) is 0 Å². The fraction of sp³-hybridized carbons (Fsp3) is 0.208. The molecule has 1 amide bonds. The maximum atomic E-state index is 12.6. The molecule has 7 heteroatoms. The topological polar surface area (TPSA) is 75.3 Å². The summed E-state index contributed by atoms with van der Waals surface area (Å²) in [4.78, 5) is 12.6. The van der Waals surface area contributed by atoms with Gasteiger partial charge in [-0.3, -0.25) is 9.52 Å². The van der Waals surface area contributed by atoms with Crippen LogP contribution in [0.1, 0.15) is 28.7 Å². The Labute approximate surface area is 192 Å². The molecule has 3 aromatic rings. The molecule has 5 nitrogen and oxygen atoms in total. The maximum Gasteiger partial charge on any atom is 0.261 e. The number of carbonyl (C=O) groups excluding carboxylic acids is 1. The largest absolute Gasteiger partial charge is 0.326 e. The summed E-state index contributed by atoms with van der Waals surface area (Å²) in [6, 6.07) is 17.7. The molecular weight excluding hydrogens is 476 g/mol. The molecule has 3 rings (SSSR count). The highest BCUT2D eigenvalue weighted by Gasteiger charge is 2.14. The highest BCUT2D eigenvalue weighted by Crippen LogP contribution is 2.25. The first kappa shape index (κ1) is 23.0. The van der Waals surface area contributed by atoms with Crippen molar-refractivity contribution in [2.45, 2.75) is 38.5 Å². The van der Waals surface area contributed by atoms with Crippen molar-refractivity contribution in [2.24, 2.45) is 0 Å². The zero-order valence-electron chi connectivity index (χ0n) is 17.7. The van der Waals surface area contributed by atoms with Gasteiger partial charge < -0.3 is 5.32 Å². The second-order valence-electron chi connectivity index (χ2n) is 7.58. The van der Waals surface area contributed by atoms with Crippen molar-refractivity contribution in [2.75, 3.05) is 10.0 Å². The van der Waals surface area contributed by atoms with E-state index in [0.717, 1.165) is 32.4 Å². The highest BCUT2D eigenvalue weighted by atomic mass is 79.9. The minimum absolute atomic E-state index is 0.0775. The van der Waals surface area contributed by atoms with Crippen LogP contribution in [0, 0.1) is 20.8 Å². The molecule has 3 aromatic carbocycles. The Bertz CT molecular complexity index is 1170. The average Bonchev–Trinajstić information content (AvgIpc) is 2.71. The predicted octanol–water partition coefficient (Wildman–Crippen LogP) is 5.75. The number of benzene rings is 3. The molecule has 0 spiro atoms. The van der Waals surface area contributed by atoms with Crippen molar-refractivity contribution < 1.29 is 13.2 Å². The lowest BCUT2D eigenvalue weighted by atomic mass is 10.1. The van der Waals surface area contributed by atoms with Gasteiger partial charge in [0.2, 0.25) is 5.91 Å². The molecule has 31 heavy (non-hydrogen) atoms. The molecule has 0 aliphatic carbocycles. The van der Waals surface area contributed by atoms with Crippen LogP contribution in [0.5, 0.6) is 0 Å². The summed E-state index contributed by atoms with van der Waals surface area (Å²) in [7, 11) is -3.66. The molecule has 0 aliphatic rings. The molecule has 0 atom stereocenters. The number of halogens is 1. The number of hydrogen-bond donors (Lipinski definition) is 2. The minimum Gasteiger partial charge on any atom is -0.326 e. The second kappa shape index (κ2) is 9.66. The van der Waals surface area contributed by atoms with Gasteiger partial charge in [-0.2, -0.15) is 0 Å². The third-order valence-corrected chi connectivity index (χ3v) is 6.80. The van der Waals surface area contributed by atoms with Crippen LogP contribution in [0.3, 0.4) is 0 Å². The van der Waals surface area contributed by atoms with Crippen LogP contribution in [0.15, 0.2) is 70.0 Å². The summed E-state index contributed by atoms with van der Waals surface area (Å²) < 4.78 is 28.7. The number of rotatable bonds is 7. The van der Waals surface area contributed by atoms with Crippen LogP contribution in [0.2, 0.25) is 0 Å². The fourth-order valence-electron chi connectivity index (χ4n) is 3.24. The number of aryl methyl sites for hydroxylation is 4. The molecule has 2 N–H and O–H groups in total. The summed E-state index contributed by atoms with van der Waals surface area (Å²) >= 11 is 3.46. The molecule has 0 bridgehead atoms. The summed E-state index contributed by atoms with van der Waals surface area (Å²) in [5.41, 5.74) is 5.30. The van der Waals surface area contributed by atoms with Gasteiger partial charge in [-0.1, -0.05) is 45.8 Å². The first-order valence-electron chi connectivity index (χ1n) is 9.89. The molecule has 0 unspecified atom stereocenters. The Morgan fingerprint density at radius 2 is 1.48 bits per heavy atom. The monoisotopic (exact) mass is 500 g/mol. The minimum atomic E-state index is -3.66. The summed E-state index contributed by atoms with van der Waals surface area (Å²) in [6.07, 6.45) is 0.828. The Hall–Kier alpha value is -2.64. The number of sulfonamides is 1. The number of anilines is 2. The summed E-state index contributed by atoms with van der Waals surface area (Å²) in [5.74, 6) is -0.0775. The molecule has 0 fully saturated rings. The van der Waals surface area contributed by atoms with E-state index in [1.807, 2.05) is 45.0 Å². The van der Waals surface area contributed by atoms with E-state index in [-0.39, 0.29) is 10.8 Å². The van der Waals surface area contributed by atoms with E-state index < -0.39 is 10.0 Å². The first-order valence-corrected chi connectivity index (χ1v) is 12.2. The molecule has 0 saturated carbocycles. The Balaban J connectivity index is 1.60. The van der Waals surface area contributed by atoms with Gasteiger partial charge in [-0.15, -0.1) is 0 Å². The van der Waals surface area contributed by atoms with Gasteiger partial charge in [0.25, 0.3) is 10.0 Å². The Morgan fingerprint density at radius 1 is 0.903 bits per heavy atom. The van der Waals surface area contributed by atoms with Gasteiger partial charge in [0.05, 0.1) is 4.90 Å². The number of carbonyl (C=O) groups is 1. The van der Waals surface area contributed by atoms with Gasteiger partial charge >= 0.3 is 0 Å². The molecule has 0 radical (unpaired) electrons. The smallest absolute Gasteiger partial charge is 0.261 e. The fourth-order valence-corrected chi connectivity index (χ4v) is 4.98. The van der Waals surface area contributed by atoms with E-state index >= 15 is 0 Å². The van der Waals surface area contributed by atoms with Crippen molar-refractivity contribution in [3.8, 4) is 0 Å². The normalized spacial score (nSPS) is 11.2. The van der Waals surface area contributed by atoms with E-state index in [4.69, 9.17) is 0 Å². The lowest BCUT2D eigenvalue weighted by Crippen LogP contribution is -2.14. The first-order chi connectivity index (χ1) is 14.6.